The first-order valence-corrected chi connectivity index (χ1v) is 8.11. The normalized spacial score (nSPS) is 20.6. The zero-order chi connectivity index (χ0) is 13.8. The fourth-order valence-electron chi connectivity index (χ4n) is 2.48. The zero-order valence-electron chi connectivity index (χ0n) is 11.7. The molecule has 2 unspecified atom stereocenters. The van der Waals surface area contributed by atoms with E-state index in [1.807, 2.05) is 28.8 Å². The Morgan fingerprint density at radius 1 is 1.50 bits per heavy atom. The molecule has 0 bridgehead atoms. The van der Waals surface area contributed by atoms with Crippen LogP contribution in [0.1, 0.15) is 19.8 Å². The van der Waals surface area contributed by atoms with Gasteiger partial charge in [-0.05, 0) is 31.9 Å². The van der Waals surface area contributed by atoms with Crippen LogP contribution < -0.4 is 5.32 Å². The van der Waals surface area contributed by atoms with Crippen molar-refractivity contribution in [2.75, 3.05) is 18.9 Å². The molecule has 1 aliphatic rings. The number of thioether (sulfide) groups is 1. The molecule has 3 heterocycles. The quantitative estimate of drug-likeness (QED) is 0.652. The van der Waals surface area contributed by atoms with Gasteiger partial charge in [-0.1, -0.05) is 17.8 Å². The third-order valence-electron chi connectivity index (χ3n) is 3.60. The van der Waals surface area contributed by atoms with Crippen LogP contribution in [0.2, 0.25) is 0 Å². The molecular formula is C14H20N4OS. The molecule has 0 aromatic carbocycles. The van der Waals surface area contributed by atoms with Gasteiger partial charge in [0.05, 0.1) is 6.10 Å². The van der Waals surface area contributed by atoms with Crippen LogP contribution in [-0.2, 0) is 4.74 Å². The molecule has 6 heteroatoms. The van der Waals surface area contributed by atoms with E-state index < -0.39 is 0 Å². The second-order valence-corrected chi connectivity index (χ2v) is 6.12. The largest absolute Gasteiger partial charge is 0.377 e. The molecule has 5 nitrogen and oxygen atoms in total. The number of aromatic nitrogens is 3. The van der Waals surface area contributed by atoms with E-state index in [2.05, 4.69) is 22.4 Å². The molecule has 1 N–H and O–H groups in total. The number of ether oxygens (including phenoxy) is 1. The average molecular weight is 292 g/mol. The van der Waals surface area contributed by atoms with Crippen molar-refractivity contribution in [2.24, 2.45) is 0 Å². The lowest BCUT2D eigenvalue weighted by Gasteiger charge is -2.19. The molecule has 1 aliphatic heterocycles. The molecule has 0 aliphatic carbocycles. The summed E-state index contributed by atoms with van der Waals surface area (Å²) in [5.74, 6) is 0.979. The second kappa shape index (κ2) is 6.56. The van der Waals surface area contributed by atoms with Gasteiger partial charge in [0.15, 0.2) is 10.8 Å². The molecule has 2 atom stereocenters. The Morgan fingerprint density at radius 2 is 2.45 bits per heavy atom. The summed E-state index contributed by atoms with van der Waals surface area (Å²) < 4.78 is 7.70. The summed E-state index contributed by atoms with van der Waals surface area (Å²) in [5.41, 5.74) is 0.899. The Bertz CT molecular complexity index is 553. The summed E-state index contributed by atoms with van der Waals surface area (Å²) in [6, 6.07) is 6.37. The number of hydrogen-bond acceptors (Lipinski definition) is 5. The Labute approximate surface area is 123 Å². The highest BCUT2D eigenvalue weighted by molar-refractivity contribution is 7.99. The first-order chi connectivity index (χ1) is 9.84. The average Bonchev–Trinajstić information content (AvgIpc) is 3.13. The number of rotatable bonds is 6. The Hall–Kier alpha value is -1.11. The van der Waals surface area contributed by atoms with Crippen molar-refractivity contribution in [1.82, 2.24) is 19.9 Å². The molecule has 2 aromatic rings. The maximum atomic E-state index is 5.68. The summed E-state index contributed by atoms with van der Waals surface area (Å²) in [4.78, 5) is 0. The minimum absolute atomic E-state index is 0.383. The van der Waals surface area contributed by atoms with Crippen LogP contribution >= 0.6 is 11.8 Å². The van der Waals surface area contributed by atoms with E-state index in [1.165, 1.54) is 12.8 Å². The van der Waals surface area contributed by atoms with Crippen molar-refractivity contribution in [3.05, 3.63) is 24.4 Å². The van der Waals surface area contributed by atoms with Gasteiger partial charge in [-0.3, -0.25) is 4.40 Å². The van der Waals surface area contributed by atoms with Crippen LogP contribution in [0, 0.1) is 0 Å². The van der Waals surface area contributed by atoms with Crippen molar-refractivity contribution in [3.8, 4) is 0 Å². The van der Waals surface area contributed by atoms with E-state index >= 15 is 0 Å². The Balaban J connectivity index is 1.45. The van der Waals surface area contributed by atoms with Crippen LogP contribution in [0.25, 0.3) is 5.65 Å². The molecule has 3 rings (SSSR count). The lowest BCUT2D eigenvalue weighted by atomic mass is 10.1. The van der Waals surface area contributed by atoms with Gasteiger partial charge in [-0.25, -0.2) is 0 Å². The number of hydrogen-bond donors (Lipinski definition) is 1. The van der Waals surface area contributed by atoms with Crippen molar-refractivity contribution in [2.45, 2.75) is 37.1 Å². The van der Waals surface area contributed by atoms with Gasteiger partial charge in [-0.15, -0.1) is 10.2 Å². The van der Waals surface area contributed by atoms with Gasteiger partial charge >= 0.3 is 0 Å². The predicted octanol–water partition coefficient (Wildman–Crippen LogP) is 1.98. The highest BCUT2D eigenvalue weighted by Gasteiger charge is 2.21. The second-order valence-electron chi connectivity index (χ2n) is 5.05. The van der Waals surface area contributed by atoms with Crippen molar-refractivity contribution >= 4 is 17.4 Å². The van der Waals surface area contributed by atoms with Gasteiger partial charge in [0, 0.05) is 31.1 Å². The standard InChI is InChI=1S/C14H20N4OS/c1-11(12-5-4-9-19-12)15-7-10-20-14-17-16-13-6-2-3-8-18(13)14/h2-3,6,8,11-12,15H,4-5,7,9-10H2,1H3. The molecule has 0 spiro atoms. The monoisotopic (exact) mass is 292 g/mol. The number of nitrogens with zero attached hydrogens (tertiary/aromatic N) is 3. The third-order valence-corrected chi connectivity index (χ3v) is 4.55. The Kier molecular flexibility index (Phi) is 4.54. The zero-order valence-corrected chi connectivity index (χ0v) is 12.5. The van der Waals surface area contributed by atoms with Crippen molar-refractivity contribution in [3.63, 3.8) is 0 Å². The molecule has 0 saturated carbocycles. The van der Waals surface area contributed by atoms with E-state index in [0.717, 1.165) is 29.7 Å². The van der Waals surface area contributed by atoms with E-state index in [-0.39, 0.29) is 0 Å². The highest BCUT2D eigenvalue weighted by Crippen LogP contribution is 2.17. The van der Waals surface area contributed by atoms with Gasteiger partial charge in [0.1, 0.15) is 0 Å². The summed E-state index contributed by atoms with van der Waals surface area (Å²) in [6.45, 7) is 4.07. The molecule has 108 valence electrons. The van der Waals surface area contributed by atoms with Gasteiger partial charge in [0.2, 0.25) is 0 Å². The Morgan fingerprint density at radius 3 is 3.30 bits per heavy atom. The maximum absolute atomic E-state index is 5.68. The molecule has 1 saturated heterocycles. The van der Waals surface area contributed by atoms with Crippen LogP contribution in [0.5, 0.6) is 0 Å². The summed E-state index contributed by atoms with van der Waals surface area (Å²) in [5, 5.41) is 12.8. The summed E-state index contributed by atoms with van der Waals surface area (Å²) in [7, 11) is 0. The first kappa shape index (κ1) is 13.9. The van der Waals surface area contributed by atoms with Gasteiger partial charge in [0.25, 0.3) is 0 Å². The number of pyridine rings is 1. The molecule has 1 fully saturated rings. The lowest BCUT2D eigenvalue weighted by Crippen LogP contribution is -2.38. The number of nitrogens with one attached hydrogen (secondary N) is 1. The number of fused-ring (bicyclic) bond motifs is 1. The van der Waals surface area contributed by atoms with E-state index in [1.54, 1.807) is 11.8 Å². The van der Waals surface area contributed by atoms with Crippen LogP contribution in [0.4, 0.5) is 0 Å². The third kappa shape index (κ3) is 3.13. The fraction of sp³-hybridized carbons (Fsp3) is 0.571. The van der Waals surface area contributed by atoms with E-state index in [0.29, 0.717) is 12.1 Å². The fourth-order valence-corrected chi connectivity index (χ4v) is 3.27. The van der Waals surface area contributed by atoms with Crippen molar-refractivity contribution in [1.29, 1.82) is 0 Å². The van der Waals surface area contributed by atoms with Gasteiger partial charge in [-0.2, -0.15) is 0 Å². The van der Waals surface area contributed by atoms with Gasteiger partial charge < -0.3 is 10.1 Å². The van der Waals surface area contributed by atoms with Crippen LogP contribution in [0.3, 0.4) is 0 Å². The topological polar surface area (TPSA) is 51.5 Å². The maximum Gasteiger partial charge on any atom is 0.195 e. The minimum Gasteiger partial charge on any atom is -0.377 e. The lowest BCUT2D eigenvalue weighted by molar-refractivity contribution is 0.0844. The molecule has 2 aromatic heterocycles. The highest BCUT2D eigenvalue weighted by atomic mass is 32.2. The van der Waals surface area contributed by atoms with Crippen LogP contribution in [-0.4, -0.2) is 45.6 Å². The smallest absolute Gasteiger partial charge is 0.195 e. The molecule has 0 amide bonds. The summed E-state index contributed by atoms with van der Waals surface area (Å²) >= 11 is 1.73. The predicted molar refractivity (Wildman–Crippen MR) is 80.1 cm³/mol. The SMILES string of the molecule is CC(NCCSc1nnc2ccccn12)C1CCCO1. The molecule has 20 heavy (non-hydrogen) atoms. The first-order valence-electron chi connectivity index (χ1n) is 7.12. The molecule has 0 radical (unpaired) electrons. The minimum atomic E-state index is 0.383. The van der Waals surface area contributed by atoms with E-state index in [4.69, 9.17) is 4.74 Å². The van der Waals surface area contributed by atoms with Crippen molar-refractivity contribution < 1.29 is 4.74 Å². The van der Waals surface area contributed by atoms with Crippen LogP contribution in [0.15, 0.2) is 29.6 Å². The molecular weight excluding hydrogens is 272 g/mol. The van der Waals surface area contributed by atoms with E-state index in [9.17, 15) is 0 Å². The summed E-state index contributed by atoms with van der Waals surface area (Å²) in [6.07, 6.45) is 4.75.